The van der Waals surface area contributed by atoms with Gasteiger partial charge in [-0.05, 0) is 23.6 Å². The van der Waals surface area contributed by atoms with Gasteiger partial charge in [-0.25, -0.2) is 4.39 Å². The normalized spacial score (nSPS) is 21.4. The Kier molecular flexibility index (Phi) is 4.36. The minimum absolute atomic E-state index is 0.180. The third kappa shape index (κ3) is 2.82. The number of rotatable bonds is 5. The van der Waals surface area contributed by atoms with Crippen molar-refractivity contribution in [3.63, 3.8) is 0 Å². The van der Waals surface area contributed by atoms with Gasteiger partial charge in [-0.15, -0.1) is 6.58 Å². The van der Waals surface area contributed by atoms with Crippen LogP contribution in [0.3, 0.4) is 0 Å². The molecule has 0 spiro atoms. The van der Waals surface area contributed by atoms with Crippen molar-refractivity contribution in [2.45, 2.75) is 31.0 Å². The Bertz CT molecular complexity index is 670. The first-order valence-corrected chi connectivity index (χ1v) is 7.58. The van der Waals surface area contributed by atoms with Crippen LogP contribution in [0.2, 0.25) is 0 Å². The molecule has 1 aliphatic rings. The highest BCUT2D eigenvalue weighted by Gasteiger charge is 2.32. The molecule has 3 rings (SSSR count). The molecule has 0 heterocycles. The van der Waals surface area contributed by atoms with E-state index in [9.17, 15) is 9.50 Å². The number of halogens is 1. The van der Waals surface area contributed by atoms with Crippen molar-refractivity contribution >= 4 is 0 Å². The number of hydrogen-bond donors (Lipinski definition) is 2. The minimum atomic E-state index is -0.489. The molecular weight excluding hydrogens is 277 g/mol. The molecule has 0 saturated heterocycles. The molecule has 0 saturated carbocycles. The van der Waals surface area contributed by atoms with Gasteiger partial charge in [-0.2, -0.15) is 0 Å². The zero-order valence-corrected chi connectivity index (χ0v) is 12.4. The smallest absolute Gasteiger partial charge is 0.127 e. The van der Waals surface area contributed by atoms with Gasteiger partial charge in [-0.3, -0.25) is 0 Å². The lowest BCUT2D eigenvalue weighted by molar-refractivity contribution is 0.134. The number of hydrogen-bond acceptors (Lipinski definition) is 2. The summed E-state index contributed by atoms with van der Waals surface area (Å²) in [4.78, 5) is 0. The molecule has 2 N–H and O–H groups in total. The lowest BCUT2D eigenvalue weighted by Gasteiger charge is -2.26. The van der Waals surface area contributed by atoms with Crippen LogP contribution in [0.25, 0.3) is 0 Å². The maximum atomic E-state index is 14.1. The third-order valence-electron chi connectivity index (χ3n) is 4.27. The Labute approximate surface area is 130 Å². The van der Waals surface area contributed by atoms with Crippen molar-refractivity contribution < 1.29 is 9.50 Å². The fourth-order valence-electron chi connectivity index (χ4n) is 3.20. The van der Waals surface area contributed by atoms with E-state index in [1.54, 1.807) is 18.2 Å². The molecule has 22 heavy (non-hydrogen) atoms. The SMILES string of the molecule is C=CCC(NC1c2ccccc2CC1O)c1ccccc1F. The van der Waals surface area contributed by atoms with Gasteiger partial charge in [0.25, 0.3) is 0 Å². The number of aliphatic hydroxyl groups is 1. The molecule has 114 valence electrons. The molecular formula is C19H20FNO. The summed E-state index contributed by atoms with van der Waals surface area (Å²) in [7, 11) is 0. The highest BCUT2D eigenvalue weighted by atomic mass is 19.1. The molecule has 1 aliphatic carbocycles. The average molecular weight is 297 g/mol. The Morgan fingerprint density at radius 3 is 2.73 bits per heavy atom. The van der Waals surface area contributed by atoms with Gasteiger partial charge in [0.2, 0.25) is 0 Å². The van der Waals surface area contributed by atoms with Crippen molar-refractivity contribution in [2.24, 2.45) is 0 Å². The standard InChI is InChI=1S/C19H20FNO/c1-2-7-17(15-10-5-6-11-16(15)20)21-19-14-9-4-3-8-13(14)12-18(19)22/h2-6,8-11,17-19,21-22H,1,7,12H2. The van der Waals surface area contributed by atoms with Crippen LogP contribution in [0.5, 0.6) is 0 Å². The first kappa shape index (κ1) is 14.9. The Morgan fingerprint density at radius 2 is 1.95 bits per heavy atom. The van der Waals surface area contributed by atoms with Crippen LogP contribution >= 0.6 is 0 Å². The lowest BCUT2D eigenvalue weighted by atomic mass is 9.99. The number of benzene rings is 2. The van der Waals surface area contributed by atoms with E-state index >= 15 is 0 Å². The van der Waals surface area contributed by atoms with Gasteiger partial charge in [0, 0.05) is 18.0 Å². The summed E-state index contributed by atoms with van der Waals surface area (Å²) in [6, 6.07) is 14.4. The van der Waals surface area contributed by atoms with Crippen LogP contribution in [0.4, 0.5) is 4.39 Å². The van der Waals surface area contributed by atoms with E-state index < -0.39 is 6.10 Å². The Morgan fingerprint density at radius 1 is 1.23 bits per heavy atom. The van der Waals surface area contributed by atoms with Gasteiger partial charge in [0.05, 0.1) is 12.1 Å². The largest absolute Gasteiger partial charge is 0.391 e. The quantitative estimate of drug-likeness (QED) is 0.825. The van der Waals surface area contributed by atoms with Gasteiger partial charge in [-0.1, -0.05) is 48.5 Å². The lowest BCUT2D eigenvalue weighted by Crippen LogP contribution is -2.32. The van der Waals surface area contributed by atoms with Crippen LogP contribution < -0.4 is 5.32 Å². The Balaban J connectivity index is 1.89. The summed E-state index contributed by atoms with van der Waals surface area (Å²) in [6.07, 6.45) is 2.52. The second-order valence-electron chi connectivity index (χ2n) is 5.71. The van der Waals surface area contributed by atoms with Gasteiger partial charge < -0.3 is 10.4 Å². The van der Waals surface area contributed by atoms with Gasteiger partial charge >= 0.3 is 0 Å². The molecule has 3 atom stereocenters. The van der Waals surface area contributed by atoms with Crippen LogP contribution in [-0.2, 0) is 6.42 Å². The van der Waals surface area contributed by atoms with E-state index in [2.05, 4.69) is 11.9 Å². The van der Waals surface area contributed by atoms with Gasteiger partial charge in [0.15, 0.2) is 0 Å². The number of fused-ring (bicyclic) bond motifs is 1. The zero-order chi connectivity index (χ0) is 15.5. The average Bonchev–Trinajstić information content (AvgIpc) is 2.83. The molecule has 0 amide bonds. The van der Waals surface area contributed by atoms with E-state index in [0.717, 1.165) is 11.1 Å². The van der Waals surface area contributed by atoms with E-state index in [1.807, 2.05) is 30.3 Å². The maximum absolute atomic E-state index is 14.1. The summed E-state index contributed by atoms with van der Waals surface area (Å²) in [5.74, 6) is -0.234. The summed E-state index contributed by atoms with van der Waals surface area (Å²) in [5.41, 5.74) is 2.86. The van der Waals surface area contributed by atoms with E-state index in [4.69, 9.17) is 0 Å². The highest BCUT2D eigenvalue weighted by molar-refractivity contribution is 5.37. The summed E-state index contributed by atoms with van der Waals surface area (Å²) >= 11 is 0. The number of aliphatic hydroxyl groups excluding tert-OH is 1. The maximum Gasteiger partial charge on any atom is 0.127 e. The summed E-state index contributed by atoms with van der Waals surface area (Å²) < 4.78 is 14.1. The van der Waals surface area contributed by atoms with Crippen LogP contribution in [0.1, 0.15) is 35.2 Å². The second kappa shape index (κ2) is 6.42. The monoisotopic (exact) mass is 297 g/mol. The van der Waals surface area contributed by atoms with Crippen molar-refractivity contribution in [1.82, 2.24) is 5.32 Å². The van der Waals surface area contributed by atoms with Crippen molar-refractivity contribution in [1.29, 1.82) is 0 Å². The molecule has 3 unspecified atom stereocenters. The highest BCUT2D eigenvalue weighted by Crippen LogP contribution is 2.34. The summed E-state index contributed by atoms with van der Waals surface area (Å²) in [5, 5.41) is 13.8. The Hall–Kier alpha value is -1.97. The zero-order valence-electron chi connectivity index (χ0n) is 12.4. The molecule has 0 fully saturated rings. The molecule has 0 radical (unpaired) electrons. The predicted molar refractivity (Wildman–Crippen MR) is 86.0 cm³/mol. The fraction of sp³-hybridized carbons (Fsp3) is 0.263. The molecule has 2 nitrogen and oxygen atoms in total. The molecule has 3 heteroatoms. The molecule has 2 aromatic rings. The summed E-state index contributed by atoms with van der Waals surface area (Å²) in [6.45, 7) is 3.77. The topological polar surface area (TPSA) is 32.3 Å². The third-order valence-corrected chi connectivity index (χ3v) is 4.27. The van der Waals surface area contributed by atoms with Crippen LogP contribution in [-0.4, -0.2) is 11.2 Å². The van der Waals surface area contributed by atoms with E-state index in [0.29, 0.717) is 18.4 Å². The number of nitrogens with one attached hydrogen (secondary N) is 1. The van der Waals surface area contributed by atoms with E-state index in [-0.39, 0.29) is 17.9 Å². The van der Waals surface area contributed by atoms with Crippen molar-refractivity contribution in [2.75, 3.05) is 0 Å². The molecule has 0 aromatic heterocycles. The fourth-order valence-corrected chi connectivity index (χ4v) is 3.20. The van der Waals surface area contributed by atoms with Crippen LogP contribution in [0.15, 0.2) is 61.2 Å². The predicted octanol–water partition coefficient (Wildman–Crippen LogP) is 3.69. The van der Waals surface area contributed by atoms with Crippen molar-refractivity contribution in [3.05, 3.63) is 83.7 Å². The first-order valence-electron chi connectivity index (χ1n) is 7.58. The van der Waals surface area contributed by atoms with Crippen LogP contribution in [0, 0.1) is 5.82 Å². The first-order chi connectivity index (χ1) is 10.7. The molecule has 0 bridgehead atoms. The molecule has 0 aliphatic heterocycles. The van der Waals surface area contributed by atoms with E-state index in [1.165, 1.54) is 6.07 Å². The molecule has 2 aromatic carbocycles. The van der Waals surface area contributed by atoms with Crippen molar-refractivity contribution in [3.8, 4) is 0 Å². The second-order valence-corrected chi connectivity index (χ2v) is 5.71. The van der Waals surface area contributed by atoms with Gasteiger partial charge in [0.1, 0.15) is 5.82 Å². The minimum Gasteiger partial charge on any atom is -0.391 e.